The Morgan fingerprint density at radius 3 is 3.26 bits per heavy atom. The average molecular weight is 265 g/mol. The van der Waals surface area contributed by atoms with Crippen molar-refractivity contribution in [1.82, 2.24) is 10.3 Å². The number of pyridine rings is 1. The molecule has 0 radical (unpaired) electrons. The van der Waals surface area contributed by atoms with Gasteiger partial charge in [-0.15, -0.1) is 0 Å². The number of fused-ring (bicyclic) bond motifs is 1. The van der Waals surface area contributed by atoms with Gasteiger partial charge in [-0.1, -0.05) is 0 Å². The lowest BCUT2D eigenvalue weighted by atomic mass is 10.1. The summed E-state index contributed by atoms with van der Waals surface area (Å²) in [4.78, 5) is 6.65. The third kappa shape index (κ3) is 2.44. The lowest BCUT2D eigenvalue weighted by Crippen LogP contribution is -2.49. The fourth-order valence-corrected chi connectivity index (χ4v) is 3.24. The first-order chi connectivity index (χ1) is 9.29. The van der Waals surface area contributed by atoms with Gasteiger partial charge >= 0.3 is 0 Å². The maximum absolute atomic E-state index is 13.4. The third-order valence-electron chi connectivity index (χ3n) is 4.03. The van der Waals surface area contributed by atoms with Crippen LogP contribution in [0.2, 0.25) is 0 Å². The monoisotopic (exact) mass is 265 g/mol. The van der Waals surface area contributed by atoms with Gasteiger partial charge in [-0.3, -0.25) is 0 Å². The Hall–Kier alpha value is -1.20. The van der Waals surface area contributed by atoms with Crippen LogP contribution in [0, 0.1) is 5.82 Å². The lowest BCUT2D eigenvalue weighted by Gasteiger charge is -2.39. The number of nitrogens with zero attached hydrogens (tertiary/aromatic N) is 2. The summed E-state index contributed by atoms with van der Waals surface area (Å²) >= 11 is 0. The molecule has 2 atom stereocenters. The number of morpholine rings is 1. The molecule has 2 heterocycles. The largest absolute Gasteiger partial charge is 0.374 e. The van der Waals surface area contributed by atoms with Gasteiger partial charge in [-0.05, 0) is 32.4 Å². The molecule has 1 N–H and O–H groups in total. The molecular weight excluding hydrogens is 245 g/mol. The SMILES string of the molecule is CNCc1cc(F)cnc1N1CCOC2CCCC21. The molecular formula is C14H20FN3O. The fraction of sp³-hybridized carbons (Fsp3) is 0.643. The van der Waals surface area contributed by atoms with Gasteiger partial charge in [0, 0.05) is 18.7 Å². The molecule has 2 fully saturated rings. The van der Waals surface area contributed by atoms with E-state index in [1.54, 1.807) is 6.07 Å². The summed E-state index contributed by atoms with van der Waals surface area (Å²) in [5.74, 6) is 0.640. The van der Waals surface area contributed by atoms with Crippen molar-refractivity contribution in [2.24, 2.45) is 0 Å². The van der Waals surface area contributed by atoms with Crippen LogP contribution in [0.4, 0.5) is 10.2 Å². The lowest BCUT2D eigenvalue weighted by molar-refractivity contribution is 0.0252. The Labute approximate surface area is 113 Å². The van der Waals surface area contributed by atoms with Crippen LogP contribution < -0.4 is 10.2 Å². The van der Waals surface area contributed by atoms with Crippen molar-refractivity contribution in [1.29, 1.82) is 0 Å². The Morgan fingerprint density at radius 1 is 1.53 bits per heavy atom. The molecule has 19 heavy (non-hydrogen) atoms. The number of aromatic nitrogens is 1. The highest BCUT2D eigenvalue weighted by Gasteiger charge is 2.37. The molecule has 1 saturated heterocycles. The molecule has 1 aromatic rings. The van der Waals surface area contributed by atoms with Crippen molar-refractivity contribution in [3.63, 3.8) is 0 Å². The number of ether oxygens (including phenoxy) is 1. The summed E-state index contributed by atoms with van der Waals surface area (Å²) in [6.45, 7) is 2.21. The van der Waals surface area contributed by atoms with Crippen LogP contribution in [0.15, 0.2) is 12.3 Å². The van der Waals surface area contributed by atoms with Crippen LogP contribution >= 0.6 is 0 Å². The van der Waals surface area contributed by atoms with Gasteiger partial charge in [0.05, 0.1) is 24.9 Å². The molecule has 1 aromatic heterocycles. The smallest absolute Gasteiger partial charge is 0.141 e. The van der Waals surface area contributed by atoms with E-state index in [2.05, 4.69) is 15.2 Å². The Bertz CT molecular complexity index is 454. The summed E-state index contributed by atoms with van der Waals surface area (Å²) in [5.41, 5.74) is 0.926. The quantitative estimate of drug-likeness (QED) is 0.902. The summed E-state index contributed by atoms with van der Waals surface area (Å²) in [6, 6.07) is 1.99. The maximum atomic E-state index is 13.4. The van der Waals surface area contributed by atoms with E-state index >= 15 is 0 Å². The highest BCUT2D eigenvalue weighted by Crippen LogP contribution is 2.33. The molecule has 1 saturated carbocycles. The summed E-state index contributed by atoms with van der Waals surface area (Å²) in [6.07, 6.45) is 5.11. The first-order valence-electron chi connectivity index (χ1n) is 6.97. The van der Waals surface area contributed by atoms with Crippen molar-refractivity contribution >= 4 is 5.82 Å². The molecule has 4 nitrogen and oxygen atoms in total. The first-order valence-corrected chi connectivity index (χ1v) is 6.97. The van der Waals surface area contributed by atoms with E-state index < -0.39 is 0 Å². The molecule has 2 unspecified atom stereocenters. The van der Waals surface area contributed by atoms with Crippen molar-refractivity contribution in [2.75, 3.05) is 25.1 Å². The number of rotatable bonds is 3. The number of nitrogens with one attached hydrogen (secondary N) is 1. The minimum Gasteiger partial charge on any atom is -0.374 e. The molecule has 5 heteroatoms. The van der Waals surface area contributed by atoms with Gasteiger partial charge in [-0.25, -0.2) is 9.37 Å². The number of hydrogen-bond donors (Lipinski definition) is 1. The summed E-state index contributed by atoms with van der Waals surface area (Å²) in [7, 11) is 1.87. The first kappa shape index (κ1) is 12.8. The van der Waals surface area contributed by atoms with Crippen LogP contribution in [-0.4, -0.2) is 37.3 Å². The Morgan fingerprint density at radius 2 is 2.42 bits per heavy atom. The number of hydrogen-bond acceptors (Lipinski definition) is 4. The topological polar surface area (TPSA) is 37.4 Å². The second-order valence-electron chi connectivity index (χ2n) is 5.27. The van der Waals surface area contributed by atoms with E-state index in [0.717, 1.165) is 37.4 Å². The zero-order valence-corrected chi connectivity index (χ0v) is 11.2. The molecule has 0 bridgehead atoms. The summed E-state index contributed by atoms with van der Waals surface area (Å²) in [5, 5.41) is 3.09. The normalized spacial score (nSPS) is 26.5. The minimum atomic E-state index is -0.273. The zero-order chi connectivity index (χ0) is 13.2. The van der Waals surface area contributed by atoms with Crippen molar-refractivity contribution in [3.8, 4) is 0 Å². The molecule has 104 valence electrons. The van der Waals surface area contributed by atoms with Crippen LogP contribution in [0.3, 0.4) is 0 Å². The van der Waals surface area contributed by atoms with Crippen LogP contribution in [0.5, 0.6) is 0 Å². The maximum Gasteiger partial charge on any atom is 0.141 e. The predicted octanol–water partition coefficient (Wildman–Crippen LogP) is 1.70. The van der Waals surface area contributed by atoms with Gasteiger partial charge in [0.25, 0.3) is 0 Å². The molecule has 0 spiro atoms. The highest BCUT2D eigenvalue weighted by molar-refractivity contribution is 5.49. The van der Waals surface area contributed by atoms with E-state index in [1.165, 1.54) is 12.6 Å². The van der Waals surface area contributed by atoms with Crippen LogP contribution in [0.25, 0.3) is 0 Å². The van der Waals surface area contributed by atoms with Crippen molar-refractivity contribution in [3.05, 3.63) is 23.6 Å². The third-order valence-corrected chi connectivity index (χ3v) is 4.03. The van der Waals surface area contributed by atoms with E-state index in [9.17, 15) is 4.39 Å². The van der Waals surface area contributed by atoms with Crippen LogP contribution in [-0.2, 0) is 11.3 Å². The van der Waals surface area contributed by atoms with E-state index in [0.29, 0.717) is 18.7 Å². The van der Waals surface area contributed by atoms with Gasteiger partial charge in [0.2, 0.25) is 0 Å². The van der Waals surface area contributed by atoms with Crippen molar-refractivity contribution in [2.45, 2.75) is 38.0 Å². The van der Waals surface area contributed by atoms with Crippen molar-refractivity contribution < 1.29 is 9.13 Å². The standard InChI is InChI=1S/C14H20FN3O/c1-16-8-10-7-11(15)9-17-14(10)18-5-6-19-13-4-2-3-12(13)18/h7,9,12-13,16H,2-6,8H2,1H3. The van der Waals surface area contributed by atoms with E-state index in [1.807, 2.05) is 7.05 Å². The zero-order valence-electron chi connectivity index (χ0n) is 11.2. The fourth-order valence-electron chi connectivity index (χ4n) is 3.24. The van der Waals surface area contributed by atoms with E-state index in [4.69, 9.17) is 4.74 Å². The second kappa shape index (κ2) is 5.43. The van der Waals surface area contributed by atoms with Gasteiger partial charge in [0.1, 0.15) is 11.6 Å². The molecule has 2 aliphatic rings. The Balaban J connectivity index is 1.91. The summed E-state index contributed by atoms with van der Waals surface area (Å²) < 4.78 is 19.2. The van der Waals surface area contributed by atoms with Gasteiger partial charge in [-0.2, -0.15) is 0 Å². The molecule has 3 rings (SSSR count). The average Bonchev–Trinajstić information content (AvgIpc) is 2.88. The second-order valence-corrected chi connectivity index (χ2v) is 5.27. The van der Waals surface area contributed by atoms with Crippen LogP contribution in [0.1, 0.15) is 24.8 Å². The van der Waals surface area contributed by atoms with Gasteiger partial charge in [0.15, 0.2) is 0 Å². The molecule has 0 aromatic carbocycles. The molecule has 1 aliphatic carbocycles. The minimum absolute atomic E-state index is 0.273. The predicted molar refractivity (Wildman–Crippen MR) is 71.7 cm³/mol. The molecule has 1 aliphatic heterocycles. The number of halogens is 1. The van der Waals surface area contributed by atoms with E-state index in [-0.39, 0.29) is 5.82 Å². The molecule has 0 amide bonds. The highest BCUT2D eigenvalue weighted by atomic mass is 19.1. The Kier molecular flexibility index (Phi) is 3.66. The van der Waals surface area contributed by atoms with Gasteiger partial charge < -0.3 is 15.0 Å². The number of anilines is 1.